The Balaban J connectivity index is 0.000000459. The Morgan fingerprint density at radius 2 is 1.76 bits per heavy atom. The number of nitrogens with two attached hydrogens (primary N) is 1. The molecule has 1 aromatic carbocycles. The van der Waals surface area contributed by atoms with E-state index in [0.717, 1.165) is 47.5 Å². The molecule has 0 saturated heterocycles. The summed E-state index contributed by atoms with van der Waals surface area (Å²) in [6, 6.07) is 6.38. The van der Waals surface area contributed by atoms with Gasteiger partial charge >= 0.3 is 0 Å². The second-order valence-electron chi connectivity index (χ2n) is 9.31. The van der Waals surface area contributed by atoms with E-state index in [0.29, 0.717) is 25.3 Å². The van der Waals surface area contributed by atoms with Crippen molar-refractivity contribution in [3.63, 3.8) is 0 Å². The van der Waals surface area contributed by atoms with Crippen molar-refractivity contribution >= 4 is 17.4 Å². The lowest BCUT2D eigenvalue weighted by Gasteiger charge is -2.36. The fraction of sp³-hybridized carbons (Fsp3) is 0.500. The summed E-state index contributed by atoms with van der Waals surface area (Å²) in [6.45, 7) is 3.40. The third-order valence-corrected chi connectivity index (χ3v) is 6.88. The van der Waals surface area contributed by atoms with Gasteiger partial charge < -0.3 is 15.5 Å². The second kappa shape index (κ2) is 10.2. The first kappa shape index (κ1) is 23.1. The summed E-state index contributed by atoms with van der Waals surface area (Å²) < 4.78 is 1.80. The molecule has 2 aliphatic heterocycles. The van der Waals surface area contributed by atoms with Crippen LogP contribution in [0.25, 0.3) is 11.1 Å². The zero-order valence-electron chi connectivity index (χ0n) is 19.9. The maximum Gasteiger partial charge on any atom is 0.219 e. The van der Waals surface area contributed by atoms with E-state index >= 15 is 0 Å². The molecule has 0 spiro atoms. The van der Waals surface area contributed by atoms with Crippen LogP contribution < -0.4 is 10.6 Å². The normalized spacial score (nSPS) is 18.0. The molecule has 3 heterocycles. The van der Waals surface area contributed by atoms with Crippen LogP contribution in [0.1, 0.15) is 57.4 Å². The highest BCUT2D eigenvalue weighted by molar-refractivity contribution is 6.09. The number of carbonyl (C=O) groups excluding carboxylic acids is 1. The summed E-state index contributed by atoms with van der Waals surface area (Å²) >= 11 is 0. The van der Waals surface area contributed by atoms with Crippen LogP contribution >= 0.6 is 0 Å². The monoisotopic (exact) mass is 448 g/mol. The SMILES string of the molecule is C1CCCC1.CC(=O)N1CCC(N)=C(C(=N)N2CCCc3cc(-c4cnn(C)c4)ccc32)C1. The Hall–Kier alpha value is -3.09. The van der Waals surface area contributed by atoms with Gasteiger partial charge in [-0.15, -0.1) is 0 Å². The van der Waals surface area contributed by atoms with E-state index in [-0.39, 0.29) is 5.91 Å². The minimum absolute atomic E-state index is 0.0259. The predicted molar refractivity (Wildman–Crippen MR) is 133 cm³/mol. The molecule has 0 bridgehead atoms. The summed E-state index contributed by atoms with van der Waals surface area (Å²) in [5, 5.41) is 13.1. The van der Waals surface area contributed by atoms with Gasteiger partial charge in [0.2, 0.25) is 5.91 Å². The third kappa shape index (κ3) is 5.29. The molecule has 1 aromatic heterocycles. The average molecular weight is 449 g/mol. The second-order valence-corrected chi connectivity index (χ2v) is 9.31. The van der Waals surface area contributed by atoms with Crippen LogP contribution in [0.4, 0.5) is 5.69 Å². The Labute approximate surface area is 196 Å². The number of hydrogen-bond donors (Lipinski definition) is 2. The molecule has 33 heavy (non-hydrogen) atoms. The van der Waals surface area contributed by atoms with Crippen LogP contribution in [-0.2, 0) is 18.3 Å². The summed E-state index contributed by atoms with van der Waals surface area (Å²) in [4.78, 5) is 15.6. The maximum atomic E-state index is 11.8. The largest absolute Gasteiger partial charge is 0.402 e. The van der Waals surface area contributed by atoms with Crippen LogP contribution in [0.5, 0.6) is 0 Å². The van der Waals surface area contributed by atoms with E-state index in [2.05, 4.69) is 23.3 Å². The highest BCUT2D eigenvalue weighted by Gasteiger charge is 2.28. The van der Waals surface area contributed by atoms with Crippen LogP contribution in [-0.4, -0.2) is 46.1 Å². The predicted octanol–water partition coefficient (Wildman–Crippen LogP) is 4.23. The van der Waals surface area contributed by atoms with Crippen molar-refractivity contribution in [3.05, 3.63) is 47.4 Å². The Kier molecular flexibility index (Phi) is 7.16. The van der Waals surface area contributed by atoms with E-state index in [1.807, 2.05) is 24.3 Å². The Morgan fingerprint density at radius 1 is 1.03 bits per heavy atom. The minimum atomic E-state index is 0.0259. The Bertz CT molecular complexity index is 1040. The smallest absolute Gasteiger partial charge is 0.219 e. The number of hydrogen-bond acceptors (Lipinski definition) is 4. The molecule has 1 amide bonds. The van der Waals surface area contributed by atoms with Gasteiger partial charge in [-0.25, -0.2) is 0 Å². The summed E-state index contributed by atoms with van der Waals surface area (Å²) in [5.41, 5.74) is 12.3. The number of nitrogens with zero attached hydrogens (tertiary/aromatic N) is 4. The van der Waals surface area contributed by atoms with Crippen LogP contribution in [0, 0.1) is 5.41 Å². The molecule has 7 nitrogen and oxygen atoms in total. The zero-order chi connectivity index (χ0) is 23.4. The van der Waals surface area contributed by atoms with Gasteiger partial charge in [-0.2, -0.15) is 5.10 Å². The number of anilines is 1. The average Bonchev–Trinajstić information content (AvgIpc) is 3.53. The van der Waals surface area contributed by atoms with Gasteiger partial charge in [0, 0.05) is 62.2 Å². The van der Waals surface area contributed by atoms with Gasteiger partial charge in [-0.1, -0.05) is 38.2 Å². The number of fused-ring (bicyclic) bond motifs is 1. The molecule has 3 N–H and O–H groups in total. The van der Waals surface area contributed by atoms with Crippen molar-refractivity contribution in [2.75, 3.05) is 24.5 Å². The van der Waals surface area contributed by atoms with Crippen molar-refractivity contribution in [2.45, 2.75) is 58.3 Å². The summed E-state index contributed by atoms with van der Waals surface area (Å²) in [6.07, 6.45) is 14.0. The lowest BCUT2D eigenvalue weighted by molar-refractivity contribution is -0.128. The van der Waals surface area contributed by atoms with Gasteiger partial charge in [-0.05, 0) is 36.1 Å². The molecule has 0 unspecified atom stereocenters. The number of amidine groups is 1. The van der Waals surface area contributed by atoms with Gasteiger partial charge in [0.1, 0.15) is 5.84 Å². The molecule has 7 heteroatoms. The topological polar surface area (TPSA) is 91.2 Å². The fourth-order valence-electron chi connectivity index (χ4n) is 4.90. The first-order valence-corrected chi connectivity index (χ1v) is 12.2. The van der Waals surface area contributed by atoms with Crippen LogP contribution in [0.2, 0.25) is 0 Å². The highest BCUT2D eigenvalue weighted by Crippen LogP contribution is 2.33. The molecular formula is C26H36N6O. The van der Waals surface area contributed by atoms with Crippen molar-refractivity contribution in [3.8, 4) is 11.1 Å². The van der Waals surface area contributed by atoms with Crippen LogP contribution in [0.15, 0.2) is 41.9 Å². The zero-order valence-corrected chi connectivity index (χ0v) is 19.9. The van der Waals surface area contributed by atoms with E-state index in [4.69, 9.17) is 11.1 Å². The van der Waals surface area contributed by atoms with Crippen molar-refractivity contribution in [1.82, 2.24) is 14.7 Å². The first-order chi connectivity index (χ1) is 15.9. The molecule has 3 aliphatic rings. The van der Waals surface area contributed by atoms with Gasteiger partial charge in [0.15, 0.2) is 0 Å². The lowest BCUT2D eigenvalue weighted by atomic mass is 9.95. The molecular weight excluding hydrogens is 412 g/mol. The number of benzene rings is 1. The number of aromatic nitrogens is 2. The summed E-state index contributed by atoms with van der Waals surface area (Å²) in [7, 11) is 1.91. The molecule has 1 saturated carbocycles. The molecule has 1 fully saturated rings. The van der Waals surface area contributed by atoms with Crippen LogP contribution in [0.3, 0.4) is 0 Å². The number of rotatable bonds is 2. The number of nitrogens with one attached hydrogen (secondary N) is 1. The molecule has 176 valence electrons. The minimum Gasteiger partial charge on any atom is -0.402 e. The number of aryl methyl sites for hydroxylation is 2. The van der Waals surface area contributed by atoms with Crippen molar-refractivity contribution < 1.29 is 4.79 Å². The maximum absolute atomic E-state index is 11.8. The van der Waals surface area contributed by atoms with E-state index in [1.54, 1.807) is 16.5 Å². The fourth-order valence-corrected chi connectivity index (χ4v) is 4.90. The lowest BCUT2D eigenvalue weighted by Crippen LogP contribution is -2.44. The number of amides is 1. The van der Waals surface area contributed by atoms with Gasteiger partial charge in [0.05, 0.1) is 12.7 Å². The number of carbonyl (C=O) groups is 1. The summed E-state index contributed by atoms with van der Waals surface area (Å²) in [5.74, 6) is 0.441. The molecule has 5 rings (SSSR count). The highest BCUT2D eigenvalue weighted by atomic mass is 16.2. The standard InChI is InChI=1S/C21H26N6O.C5H10/c1-14(28)26-9-7-19(22)18(13-26)21(23)27-8-3-4-16-10-15(5-6-20(16)27)17-11-24-25(2)12-17;1-2-4-5-3-1/h5-6,10-12,23H,3-4,7-9,13,22H2,1-2H3;1-5H2. The van der Waals surface area contributed by atoms with Crippen molar-refractivity contribution in [2.24, 2.45) is 12.8 Å². The quantitative estimate of drug-likeness (QED) is 0.531. The van der Waals surface area contributed by atoms with Gasteiger partial charge in [-0.3, -0.25) is 14.9 Å². The van der Waals surface area contributed by atoms with E-state index in [1.165, 1.54) is 37.7 Å². The molecule has 2 aromatic rings. The Morgan fingerprint density at radius 3 is 2.39 bits per heavy atom. The molecule has 0 radical (unpaired) electrons. The van der Waals surface area contributed by atoms with E-state index < -0.39 is 0 Å². The third-order valence-electron chi connectivity index (χ3n) is 6.88. The molecule has 0 atom stereocenters. The van der Waals surface area contributed by atoms with Gasteiger partial charge in [0.25, 0.3) is 0 Å². The van der Waals surface area contributed by atoms with E-state index in [9.17, 15) is 4.79 Å². The van der Waals surface area contributed by atoms with Crippen molar-refractivity contribution in [1.29, 1.82) is 5.41 Å². The first-order valence-electron chi connectivity index (χ1n) is 12.2. The molecule has 1 aliphatic carbocycles.